The van der Waals surface area contributed by atoms with Crippen molar-refractivity contribution in [1.82, 2.24) is 9.97 Å². The van der Waals surface area contributed by atoms with Gasteiger partial charge in [-0.2, -0.15) is 0 Å². The van der Waals surface area contributed by atoms with Crippen LogP contribution < -0.4 is 5.32 Å². The van der Waals surface area contributed by atoms with Gasteiger partial charge in [0.15, 0.2) is 0 Å². The molecule has 1 aromatic heterocycles. The largest absolute Gasteiger partial charge is 0.342 e. The zero-order valence-corrected chi connectivity index (χ0v) is 10.5. The lowest BCUT2D eigenvalue weighted by atomic mass is 10.2. The van der Waals surface area contributed by atoms with Gasteiger partial charge in [0.2, 0.25) is 0 Å². The van der Waals surface area contributed by atoms with E-state index in [0.29, 0.717) is 5.56 Å². The molecule has 0 saturated carbocycles. The third-order valence-electron chi connectivity index (χ3n) is 2.89. The van der Waals surface area contributed by atoms with Crippen molar-refractivity contribution in [3.05, 3.63) is 59.9 Å². The summed E-state index contributed by atoms with van der Waals surface area (Å²) in [6.07, 6.45) is 0. The van der Waals surface area contributed by atoms with Crippen molar-refractivity contribution >= 4 is 22.6 Å². The van der Waals surface area contributed by atoms with Gasteiger partial charge in [-0.15, -0.1) is 0 Å². The number of benzene rings is 2. The fraction of sp³-hybridized carbons (Fsp3) is 0.0667. The van der Waals surface area contributed by atoms with E-state index in [0.717, 1.165) is 22.5 Å². The lowest BCUT2D eigenvalue weighted by Crippen LogP contribution is -2.11. The van der Waals surface area contributed by atoms with Gasteiger partial charge in [-0.25, -0.2) is 4.98 Å². The Morgan fingerprint density at radius 2 is 1.95 bits per heavy atom. The fourth-order valence-electron chi connectivity index (χ4n) is 2.00. The summed E-state index contributed by atoms with van der Waals surface area (Å²) in [7, 11) is 0. The summed E-state index contributed by atoms with van der Waals surface area (Å²) in [6.45, 7) is 1.89. The Morgan fingerprint density at radius 3 is 2.74 bits per heavy atom. The summed E-state index contributed by atoms with van der Waals surface area (Å²) in [6, 6.07) is 14.8. The summed E-state index contributed by atoms with van der Waals surface area (Å²) in [5.41, 5.74) is 3.14. The summed E-state index contributed by atoms with van der Waals surface area (Å²) in [5.74, 6) is 0.718. The van der Waals surface area contributed by atoms with E-state index in [4.69, 9.17) is 0 Å². The lowest BCUT2D eigenvalue weighted by molar-refractivity contribution is 0.102. The van der Waals surface area contributed by atoms with Gasteiger partial charge < -0.3 is 10.3 Å². The Morgan fingerprint density at radius 1 is 1.16 bits per heavy atom. The molecule has 1 heterocycles. The van der Waals surface area contributed by atoms with E-state index in [-0.39, 0.29) is 5.91 Å². The second kappa shape index (κ2) is 4.57. The number of aryl methyl sites for hydroxylation is 1. The Bertz CT molecular complexity index is 731. The average molecular weight is 251 g/mol. The third-order valence-corrected chi connectivity index (χ3v) is 2.89. The highest BCUT2D eigenvalue weighted by Crippen LogP contribution is 2.15. The first-order valence-corrected chi connectivity index (χ1v) is 6.05. The number of anilines is 1. The number of amides is 1. The number of para-hydroxylation sites is 1. The van der Waals surface area contributed by atoms with E-state index in [2.05, 4.69) is 15.3 Å². The van der Waals surface area contributed by atoms with Gasteiger partial charge >= 0.3 is 0 Å². The first-order valence-electron chi connectivity index (χ1n) is 6.05. The summed E-state index contributed by atoms with van der Waals surface area (Å²) in [5, 5.41) is 2.86. The molecule has 0 radical (unpaired) electrons. The summed E-state index contributed by atoms with van der Waals surface area (Å²) in [4.78, 5) is 19.6. The van der Waals surface area contributed by atoms with Crippen LogP contribution >= 0.6 is 0 Å². The van der Waals surface area contributed by atoms with Crippen LogP contribution in [0, 0.1) is 6.92 Å². The molecule has 0 atom stereocenters. The topological polar surface area (TPSA) is 57.8 Å². The number of H-pyrrole nitrogens is 1. The second-order valence-electron chi connectivity index (χ2n) is 4.37. The zero-order valence-electron chi connectivity index (χ0n) is 10.5. The summed E-state index contributed by atoms with van der Waals surface area (Å²) < 4.78 is 0. The third kappa shape index (κ3) is 2.33. The molecule has 0 unspecified atom stereocenters. The molecule has 0 bridgehead atoms. The first-order chi connectivity index (χ1) is 9.22. The van der Waals surface area contributed by atoms with E-state index in [1.54, 1.807) is 6.07 Å². The van der Waals surface area contributed by atoms with Gasteiger partial charge in [0, 0.05) is 11.3 Å². The van der Waals surface area contributed by atoms with Gasteiger partial charge in [-0.1, -0.05) is 18.2 Å². The van der Waals surface area contributed by atoms with Gasteiger partial charge in [0.25, 0.3) is 5.91 Å². The smallest absolute Gasteiger partial charge is 0.255 e. The van der Waals surface area contributed by atoms with Gasteiger partial charge in [-0.05, 0) is 37.3 Å². The number of hydrogen-bond acceptors (Lipinski definition) is 2. The molecule has 4 nitrogen and oxygen atoms in total. The van der Waals surface area contributed by atoms with Crippen LogP contribution in [0.4, 0.5) is 5.69 Å². The highest BCUT2D eigenvalue weighted by atomic mass is 16.1. The first kappa shape index (κ1) is 11.5. The van der Waals surface area contributed by atoms with Crippen LogP contribution in [0.5, 0.6) is 0 Å². The molecule has 0 aliphatic heterocycles. The molecular weight excluding hydrogens is 238 g/mol. The molecule has 1 amide bonds. The molecule has 0 fully saturated rings. The van der Waals surface area contributed by atoms with Crippen LogP contribution in [-0.4, -0.2) is 15.9 Å². The molecule has 3 rings (SSSR count). The number of nitrogens with zero attached hydrogens (tertiary/aromatic N) is 1. The van der Waals surface area contributed by atoms with Gasteiger partial charge in [-0.3, -0.25) is 4.79 Å². The standard InChI is InChI=1S/C15H13N3O/c1-10-16-13-8-7-11(9-14(13)17-10)15(19)18-12-5-3-2-4-6-12/h2-9H,1H3,(H,16,17)(H,18,19). The zero-order chi connectivity index (χ0) is 13.2. The average Bonchev–Trinajstić information content (AvgIpc) is 2.78. The van der Waals surface area contributed by atoms with E-state index in [1.165, 1.54) is 0 Å². The maximum Gasteiger partial charge on any atom is 0.255 e. The van der Waals surface area contributed by atoms with E-state index in [9.17, 15) is 4.79 Å². The number of rotatable bonds is 2. The van der Waals surface area contributed by atoms with Crippen molar-refractivity contribution in [2.45, 2.75) is 6.92 Å². The van der Waals surface area contributed by atoms with E-state index < -0.39 is 0 Å². The molecule has 0 saturated heterocycles. The van der Waals surface area contributed by atoms with Crippen LogP contribution in [0.3, 0.4) is 0 Å². The van der Waals surface area contributed by atoms with Crippen molar-refractivity contribution in [3.8, 4) is 0 Å². The van der Waals surface area contributed by atoms with Gasteiger partial charge in [0.1, 0.15) is 5.82 Å². The molecule has 0 aliphatic carbocycles. The molecule has 4 heteroatoms. The number of carbonyl (C=O) groups excluding carboxylic acids is 1. The van der Waals surface area contributed by atoms with E-state index >= 15 is 0 Å². The lowest BCUT2D eigenvalue weighted by Gasteiger charge is -2.04. The van der Waals surface area contributed by atoms with Crippen LogP contribution in [0.15, 0.2) is 48.5 Å². The summed E-state index contributed by atoms with van der Waals surface area (Å²) >= 11 is 0. The highest BCUT2D eigenvalue weighted by molar-refractivity contribution is 6.05. The number of imidazole rings is 1. The molecule has 94 valence electrons. The Kier molecular flexibility index (Phi) is 2.76. The monoisotopic (exact) mass is 251 g/mol. The Balaban J connectivity index is 1.89. The Labute approximate surface area is 110 Å². The Hall–Kier alpha value is -2.62. The van der Waals surface area contributed by atoms with Crippen LogP contribution in [0.1, 0.15) is 16.2 Å². The van der Waals surface area contributed by atoms with E-state index in [1.807, 2.05) is 49.4 Å². The minimum absolute atomic E-state index is 0.125. The van der Waals surface area contributed by atoms with Gasteiger partial charge in [0.05, 0.1) is 11.0 Å². The van der Waals surface area contributed by atoms with Crippen molar-refractivity contribution < 1.29 is 4.79 Å². The maximum absolute atomic E-state index is 12.1. The van der Waals surface area contributed by atoms with Crippen molar-refractivity contribution in [3.63, 3.8) is 0 Å². The van der Waals surface area contributed by atoms with Crippen molar-refractivity contribution in [2.24, 2.45) is 0 Å². The van der Waals surface area contributed by atoms with Crippen molar-refractivity contribution in [1.29, 1.82) is 0 Å². The van der Waals surface area contributed by atoms with Crippen LogP contribution in [-0.2, 0) is 0 Å². The molecule has 2 aromatic carbocycles. The minimum atomic E-state index is -0.125. The maximum atomic E-state index is 12.1. The predicted molar refractivity (Wildman–Crippen MR) is 75.2 cm³/mol. The highest BCUT2D eigenvalue weighted by Gasteiger charge is 2.08. The van der Waals surface area contributed by atoms with Crippen LogP contribution in [0.25, 0.3) is 11.0 Å². The molecule has 19 heavy (non-hydrogen) atoms. The molecule has 2 N–H and O–H groups in total. The fourth-order valence-corrected chi connectivity index (χ4v) is 2.00. The van der Waals surface area contributed by atoms with Crippen LogP contribution in [0.2, 0.25) is 0 Å². The number of nitrogens with one attached hydrogen (secondary N) is 2. The number of aromatic nitrogens is 2. The normalized spacial score (nSPS) is 10.6. The predicted octanol–water partition coefficient (Wildman–Crippen LogP) is 3.12. The number of fused-ring (bicyclic) bond motifs is 1. The number of carbonyl (C=O) groups is 1. The second-order valence-corrected chi connectivity index (χ2v) is 4.37. The molecule has 0 aliphatic rings. The molecule has 0 spiro atoms. The number of hydrogen-bond donors (Lipinski definition) is 2. The SMILES string of the molecule is Cc1nc2ccc(C(=O)Nc3ccccc3)cc2[nH]1. The minimum Gasteiger partial charge on any atom is -0.342 e. The number of aromatic amines is 1. The van der Waals surface area contributed by atoms with Crippen molar-refractivity contribution in [2.75, 3.05) is 5.32 Å². The molecule has 3 aromatic rings. The molecular formula is C15H13N3O. The quantitative estimate of drug-likeness (QED) is 0.735.